The topological polar surface area (TPSA) is 0 Å². The van der Waals surface area contributed by atoms with Crippen LogP contribution in [0.4, 0.5) is 0 Å². The first-order valence-electron chi connectivity index (χ1n) is 14.2. The molecule has 0 bridgehead atoms. The fraction of sp³-hybridized carbons (Fsp3) is 0.132. The van der Waals surface area contributed by atoms with E-state index in [1.165, 1.54) is 65.7 Å². The van der Waals surface area contributed by atoms with Gasteiger partial charge in [-0.1, -0.05) is 115 Å². The van der Waals surface area contributed by atoms with Crippen LogP contribution in [-0.4, -0.2) is 9.52 Å². The van der Waals surface area contributed by atoms with Crippen LogP contribution in [0.1, 0.15) is 25.0 Å². The molecule has 1 aliphatic rings. The van der Waals surface area contributed by atoms with Crippen LogP contribution in [-0.2, 0) is 27.3 Å². The zero-order chi connectivity index (χ0) is 29.5. The molecule has 6 aromatic rings. The van der Waals surface area contributed by atoms with Gasteiger partial charge in [0.2, 0.25) is 0 Å². The summed E-state index contributed by atoms with van der Waals surface area (Å²) in [6.45, 7) is 6.78. The molecule has 0 spiro atoms. The fourth-order valence-corrected chi connectivity index (χ4v) is 6.97. The zero-order valence-electron chi connectivity index (χ0n) is 24.1. The summed E-state index contributed by atoms with van der Waals surface area (Å²) < 4.78 is 0. The summed E-state index contributed by atoms with van der Waals surface area (Å²) in [5.41, 5.74) is 10.8. The van der Waals surface area contributed by atoms with Gasteiger partial charge in [0.05, 0.1) is 9.52 Å². The summed E-state index contributed by atoms with van der Waals surface area (Å²) in [6, 6.07) is 47.0. The molecule has 0 unspecified atom stereocenters. The molecule has 1 heterocycles. The third-order valence-electron chi connectivity index (χ3n) is 7.43. The molecule has 0 atom stereocenters. The van der Waals surface area contributed by atoms with E-state index in [0.29, 0.717) is 5.92 Å². The van der Waals surface area contributed by atoms with Gasteiger partial charge in [0.15, 0.2) is 0 Å². The van der Waals surface area contributed by atoms with Crippen molar-refractivity contribution in [2.75, 3.05) is 0 Å². The Morgan fingerprint density at radius 1 is 0.762 bits per heavy atom. The number of hydrogen-bond donors (Lipinski definition) is 0. The molecule has 0 saturated heterocycles. The average Bonchev–Trinajstić information content (AvgIpc) is 3.59. The van der Waals surface area contributed by atoms with Gasteiger partial charge in [-0.2, -0.15) is 35.5 Å². The van der Waals surface area contributed by atoms with Crippen molar-refractivity contribution in [3.63, 3.8) is 0 Å². The van der Waals surface area contributed by atoms with Crippen LogP contribution in [0.5, 0.6) is 0 Å². The van der Waals surface area contributed by atoms with Gasteiger partial charge in [-0.05, 0) is 41.5 Å². The number of halogens is 2. The molecule has 6 aromatic carbocycles. The smallest absolute Gasteiger partial charge is 0.0920 e. The van der Waals surface area contributed by atoms with Crippen LogP contribution in [0.15, 0.2) is 121 Å². The van der Waals surface area contributed by atoms with Crippen molar-refractivity contribution >= 4 is 47.7 Å². The first kappa shape index (κ1) is 30.8. The summed E-state index contributed by atoms with van der Waals surface area (Å²) in [5, 5.41) is 5.54. The Morgan fingerprint density at radius 2 is 1.43 bits per heavy atom. The van der Waals surface area contributed by atoms with Crippen LogP contribution in [0.25, 0.3) is 44.2 Å². The predicted octanol–water partition coefficient (Wildman–Crippen LogP) is 9.90. The molecule has 0 aliphatic carbocycles. The number of hydrogen-bond acceptors (Lipinski definition) is 0. The van der Waals surface area contributed by atoms with Gasteiger partial charge in [0, 0.05) is 0 Å². The SMILES string of the molecule is Cc1ccccc1-c1c(-c2ccccc2)ccc2[cH-]c(CC(C)C)cc12.[Cl][Zr+2][Cl].[c-]1cccc2c1[Si]c1ccccc1-2. The van der Waals surface area contributed by atoms with E-state index in [2.05, 4.69) is 142 Å². The monoisotopic (exact) mass is 676 g/mol. The number of aryl methyl sites for hydroxylation is 1. The largest absolute Gasteiger partial charge is 0.184 e. The van der Waals surface area contributed by atoms with E-state index in [1.54, 1.807) is 0 Å². The molecule has 0 aromatic heterocycles. The molecule has 7 rings (SSSR count). The van der Waals surface area contributed by atoms with Crippen LogP contribution >= 0.6 is 17.0 Å². The number of rotatable bonds is 4. The first-order valence-corrected chi connectivity index (χ1v) is 21.5. The molecular formula is C38H32Cl2SiZr. The van der Waals surface area contributed by atoms with Crippen molar-refractivity contribution < 1.29 is 20.8 Å². The molecule has 0 saturated carbocycles. The summed E-state index contributed by atoms with van der Waals surface area (Å²) in [5.74, 6) is 0.669. The van der Waals surface area contributed by atoms with Crippen molar-refractivity contribution in [2.45, 2.75) is 27.2 Å². The molecule has 0 fully saturated rings. The van der Waals surface area contributed by atoms with Crippen LogP contribution in [0.2, 0.25) is 0 Å². The van der Waals surface area contributed by atoms with E-state index >= 15 is 0 Å². The van der Waals surface area contributed by atoms with Crippen molar-refractivity contribution in [1.82, 2.24) is 0 Å². The molecule has 2 radical (unpaired) electrons. The molecule has 0 amide bonds. The third-order valence-corrected chi connectivity index (χ3v) is 8.80. The Balaban J connectivity index is 0.000000183. The second-order valence-electron chi connectivity index (χ2n) is 10.8. The Labute approximate surface area is 271 Å². The predicted molar refractivity (Wildman–Crippen MR) is 181 cm³/mol. The maximum Gasteiger partial charge on any atom is 0.0920 e. The van der Waals surface area contributed by atoms with Crippen molar-refractivity contribution in [1.29, 1.82) is 0 Å². The second kappa shape index (κ2) is 14.7. The summed E-state index contributed by atoms with van der Waals surface area (Å²) >= 11 is -0.826. The third kappa shape index (κ3) is 7.12. The fourth-order valence-electron chi connectivity index (χ4n) is 5.66. The van der Waals surface area contributed by atoms with Gasteiger partial charge in [-0.25, -0.2) is 0 Å². The van der Waals surface area contributed by atoms with Gasteiger partial charge < -0.3 is 0 Å². The molecule has 4 heteroatoms. The van der Waals surface area contributed by atoms with Crippen molar-refractivity contribution in [2.24, 2.45) is 5.92 Å². The molecule has 0 nitrogen and oxygen atoms in total. The summed E-state index contributed by atoms with van der Waals surface area (Å²) in [4.78, 5) is 0. The maximum atomic E-state index is 4.93. The van der Waals surface area contributed by atoms with Crippen LogP contribution in [0, 0.1) is 18.9 Å². The Bertz CT molecular complexity index is 1730. The molecule has 0 N–H and O–H groups in total. The van der Waals surface area contributed by atoms with Gasteiger partial charge in [-0.15, -0.1) is 34.0 Å². The van der Waals surface area contributed by atoms with E-state index in [0.717, 1.165) is 15.9 Å². The van der Waals surface area contributed by atoms with Gasteiger partial charge in [0.25, 0.3) is 0 Å². The Morgan fingerprint density at radius 3 is 2.17 bits per heavy atom. The van der Waals surface area contributed by atoms with E-state index < -0.39 is 20.8 Å². The van der Waals surface area contributed by atoms with E-state index in [9.17, 15) is 0 Å². The van der Waals surface area contributed by atoms with Gasteiger partial charge in [-0.3, -0.25) is 0 Å². The zero-order valence-corrected chi connectivity index (χ0v) is 29.1. The summed E-state index contributed by atoms with van der Waals surface area (Å²) in [6.07, 6.45) is 1.13. The van der Waals surface area contributed by atoms with E-state index in [4.69, 9.17) is 17.0 Å². The molecule has 1 aliphatic heterocycles. The Hall–Kier alpha value is -2.61. The standard InChI is InChI=1S/C26H25.C12H7Si.2ClH.Zr/c1-18(2)15-20-16-22-13-14-24(21-10-5-4-6-11-21)26(25(22)17-20)23-12-8-7-9-19(23)3;1-3-7-11-9(5-1)10-6-2-4-8-12(10)13-11;;;/h4-14,16-18H,15H2,1-3H3;1-7H;2*1H;/q2*-1;;;+4/p-2. The van der Waals surface area contributed by atoms with Crippen molar-refractivity contribution in [3.8, 4) is 33.4 Å². The molecule has 206 valence electrons. The minimum Gasteiger partial charge on any atom is -0.184 e. The van der Waals surface area contributed by atoms with E-state index in [1.807, 2.05) is 6.07 Å². The quantitative estimate of drug-likeness (QED) is 0.128. The number of fused-ring (bicyclic) bond motifs is 4. The van der Waals surface area contributed by atoms with Crippen molar-refractivity contribution in [3.05, 3.63) is 139 Å². The van der Waals surface area contributed by atoms with Crippen LogP contribution < -0.4 is 10.4 Å². The van der Waals surface area contributed by atoms with Gasteiger partial charge in [0.1, 0.15) is 0 Å². The second-order valence-corrected chi connectivity index (χ2v) is 15.9. The maximum absolute atomic E-state index is 4.93. The first-order chi connectivity index (χ1) is 20.5. The molecule has 42 heavy (non-hydrogen) atoms. The average molecular weight is 679 g/mol. The minimum atomic E-state index is -0.826. The van der Waals surface area contributed by atoms with Gasteiger partial charge >= 0.3 is 37.9 Å². The van der Waals surface area contributed by atoms with Crippen LogP contribution in [0.3, 0.4) is 0 Å². The normalized spacial score (nSPS) is 11.1. The summed E-state index contributed by atoms with van der Waals surface area (Å²) in [7, 11) is 10.7. The Kier molecular flexibility index (Phi) is 10.8. The molecular weight excluding hydrogens is 647 g/mol. The van der Waals surface area contributed by atoms with E-state index in [-0.39, 0.29) is 0 Å². The minimum absolute atomic E-state index is 0.669. The number of benzene rings is 5.